The number of hydrogen-bond donors (Lipinski definition) is 3. The zero-order valence-corrected chi connectivity index (χ0v) is 18.2. The summed E-state index contributed by atoms with van der Waals surface area (Å²) in [4.78, 5) is 25.1. The summed E-state index contributed by atoms with van der Waals surface area (Å²) in [6.45, 7) is 3.01. The van der Waals surface area contributed by atoms with Crippen molar-refractivity contribution in [1.82, 2.24) is 14.9 Å². The van der Waals surface area contributed by atoms with E-state index in [4.69, 9.17) is 16.7 Å². The van der Waals surface area contributed by atoms with Gasteiger partial charge in [-0.3, -0.25) is 5.32 Å². The van der Waals surface area contributed by atoms with Crippen molar-refractivity contribution in [3.8, 4) is 0 Å². The number of benzene rings is 1. The number of aliphatic hydroxyl groups is 2. The van der Waals surface area contributed by atoms with Crippen molar-refractivity contribution in [2.45, 2.75) is 19.1 Å². The molecule has 2 amide bonds. The van der Waals surface area contributed by atoms with Gasteiger partial charge in [0, 0.05) is 37.4 Å². The van der Waals surface area contributed by atoms with Crippen LogP contribution >= 0.6 is 22.9 Å². The minimum Gasteiger partial charge on any atom is -0.393 e. The molecule has 11 heteroatoms. The molecule has 3 N–H and O–H groups in total. The topological polar surface area (TPSA) is 102 Å². The smallest absolute Gasteiger partial charge is 0.324 e. The molecule has 4 rings (SSSR count). The Morgan fingerprint density at radius 2 is 2.23 bits per heavy atom. The number of nitrogens with one attached hydrogen (secondary N) is 1. The quantitative estimate of drug-likeness (QED) is 0.546. The van der Waals surface area contributed by atoms with E-state index in [0.717, 1.165) is 0 Å². The number of amides is 2. The molecule has 3 aromatic rings. The standard InChI is InChI=1S/C20H21ClFN5O3S/c1-11-9-26(18-14(21)6-12(8-23-18)16(29)10-28)4-5-27(11)20(30)25-19-24-15-3-2-13(22)7-17(15)31-19/h2-3,6-8,11,16,28-29H,4-5,9-10H2,1H3,(H,24,25,30)/t11-,16-/m1/s1. The van der Waals surface area contributed by atoms with Crippen molar-refractivity contribution < 1.29 is 19.4 Å². The van der Waals surface area contributed by atoms with Crippen LogP contribution < -0.4 is 10.2 Å². The molecule has 0 saturated carbocycles. The predicted octanol–water partition coefficient (Wildman–Crippen LogP) is 3.25. The van der Waals surface area contributed by atoms with Crippen LogP contribution in [0.3, 0.4) is 0 Å². The highest BCUT2D eigenvalue weighted by Gasteiger charge is 2.29. The number of nitrogens with zero attached hydrogens (tertiary/aromatic N) is 4. The number of pyridine rings is 1. The molecule has 1 aliphatic rings. The molecule has 2 aromatic heterocycles. The lowest BCUT2D eigenvalue weighted by Gasteiger charge is -2.40. The molecule has 31 heavy (non-hydrogen) atoms. The van der Waals surface area contributed by atoms with Crippen molar-refractivity contribution in [2.24, 2.45) is 0 Å². The van der Waals surface area contributed by atoms with E-state index in [9.17, 15) is 14.3 Å². The second-order valence-corrected chi connectivity index (χ2v) is 8.76. The molecule has 0 spiro atoms. The zero-order valence-electron chi connectivity index (χ0n) is 16.6. The number of fused-ring (bicyclic) bond motifs is 1. The lowest BCUT2D eigenvalue weighted by atomic mass is 10.1. The Morgan fingerprint density at radius 1 is 1.42 bits per heavy atom. The number of hydrogen-bond acceptors (Lipinski definition) is 7. The third-order valence-corrected chi connectivity index (χ3v) is 6.36. The molecule has 2 atom stereocenters. The van der Waals surface area contributed by atoms with E-state index >= 15 is 0 Å². The lowest BCUT2D eigenvalue weighted by molar-refractivity contribution is 0.0953. The average Bonchev–Trinajstić information content (AvgIpc) is 3.14. The number of carbonyl (C=O) groups excluding carboxylic acids is 1. The van der Waals surface area contributed by atoms with Crippen LogP contribution in [0.4, 0.5) is 20.1 Å². The highest BCUT2D eigenvalue weighted by molar-refractivity contribution is 7.22. The van der Waals surface area contributed by atoms with E-state index in [1.807, 2.05) is 11.8 Å². The number of halogens is 2. The van der Waals surface area contributed by atoms with Gasteiger partial charge in [0.25, 0.3) is 0 Å². The van der Waals surface area contributed by atoms with Gasteiger partial charge in [0.05, 0.1) is 21.8 Å². The minimum absolute atomic E-state index is 0.124. The normalized spacial score (nSPS) is 17.8. The first-order chi connectivity index (χ1) is 14.9. The number of urea groups is 1. The molecule has 164 valence electrons. The van der Waals surface area contributed by atoms with Crippen molar-refractivity contribution in [2.75, 3.05) is 36.5 Å². The second kappa shape index (κ2) is 8.91. The van der Waals surface area contributed by atoms with Crippen molar-refractivity contribution in [3.05, 3.63) is 46.9 Å². The number of aromatic nitrogens is 2. The van der Waals surface area contributed by atoms with Gasteiger partial charge < -0.3 is 20.0 Å². The Kier molecular flexibility index (Phi) is 6.24. The first-order valence-corrected chi connectivity index (χ1v) is 10.9. The molecule has 1 aliphatic heterocycles. The first kappa shape index (κ1) is 21.7. The summed E-state index contributed by atoms with van der Waals surface area (Å²) in [6, 6.07) is 5.51. The first-order valence-electron chi connectivity index (χ1n) is 9.68. The molecular weight excluding hydrogens is 445 g/mol. The molecule has 0 radical (unpaired) electrons. The maximum absolute atomic E-state index is 13.4. The Balaban J connectivity index is 1.42. The summed E-state index contributed by atoms with van der Waals surface area (Å²) in [5.74, 6) is 0.223. The molecule has 0 unspecified atom stereocenters. The van der Waals surface area contributed by atoms with Gasteiger partial charge in [0.15, 0.2) is 5.13 Å². The van der Waals surface area contributed by atoms with Crippen LogP contribution in [0.1, 0.15) is 18.6 Å². The van der Waals surface area contributed by atoms with Crippen molar-refractivity contribution in [3.63, 3.8) is 0 Å². The van der Waals surface area contributed by atoms with Crippen LogP contribution in [0.2, 0.25) is 5.02 Å². The van der Waals surface area contributed by atoms with Crippen LogP contribution in [-0.4, -0.2) is 63.4 Å². The van der Waals surface area contributed by atoms with Gasteiger partial charge in [-0.15, -0.1) is 0 Å². The van der Waals surface area contributed by atoms with Crippen LogP contribution in [0.25, 0.3) is 10.2 Å². The largest absolute Gasteiger partial charge is 0.393 e. The van der Waals surface area contributed by atoms with E-state index in [1.54, 1.807) is 17.0 Å². The van der Waals surface area contributed by atoms with Gasteiger partial charge in [-0.1, -0.05) is 22.9 Å². The summed E-state index contributed by atoms with van der Waals surface area (Å²) in [6.07, 6.45) is 0.458. The van der Waals surface area contributed by atoms with Crippen LogP contribution in [0, 0.1) is 5.82 Å². The number of piperazine rings is 1. The number of anilines is 2. The van der Waals surface area contributed by atoms with Crippen molar-refractivity contribution in [1.29, 1.82) is 0 Å². The Hall–Kier alpha value is -2.53. The summed E-state index contributed by atoms with van der Waals surface area (Å²) in [5.41, 5.74) is 1.08. The minimum atomic E-state index is -1.03. The van der Waals surface area contributed by atoms with E-state index in [0.29, 0.717) is 51.4 Å². The van der Waals surface area contributed by atoms with Gasteiger partial charge in [-0.25, -0.2) is 19.2 Å². The highest BCUT2D eigenvalue weighted by Crippen LogP contribution is 2.29. The summed E-state index contributed by atoms with van der Waals surface area (Å²) in [7, 11) is 0. The van der Waals surface area contributed by atoms with Gasteiger partial charge >= 0.3 is 6.03 Å². The fourth-order valence-electron chi connectivity index (χ4n) is 3.53. The fraction of sp³-hybridized carbons (Fsp3) is 0.350. The molecule has 8 nitrogen and oxygen atoms in total. The summed E-state index contributed by atoms with van der Waals surface area (Å²) < 4.78 is 14.0. The fourth-order valence-corrected chi connectivity index (χ4v) is 4.71. The van der Waals surface area contributed by atoms with E-state index in [-0.39, 0.29) is 17.9 Å². The van der Waals surface area contributed by atoms with Crippen LogP contribution in [0.5, 0.6) is 0 Å². The van der Waals surface area contributed by atoms with Gasteiger partial charge in [0.1, 0.15) is 17.7 Å². The third-order valence-electron chi connectivity index (χ3n) is 5.15. The van der Waals surface area contributed by atoms with E-state index in [2.05, 4.69) is 15.3 Å². The molecule has 0 aliphatic carbocycles. The average molecular weight is 466 g/mol. The Bertz CT molecular complexity index is 1110. The van der Waals surface area contributed by atoms with Crippen LogP contribution in [-0.2, 0) is 0 Å². The number of rotatable bonds is 4. The van der Waals surface area contributed by atoms with Gasteiger partial charge in [-0.2, -0.15) is 0 Å². The molecule has 1 aromatic carbocycles. The van der Waals surface area contributed by atoms with Gasteiger partial charge in [-0.05, 0) is 31.2 Å². The second-order valence-electron chi connectivity index (χ2n) is 7.32. The molecule has 1 saturated heterocycles. The summed E-state index contributed by atoms with van der Waals surface area (Å²) >= 11 is 7.57. The van der Waals surface area contributed by atoms with E-state index in [1.165, 1.54) is 29.7 Å². The van der Waals surface area contributed by atoms with E-state index < -0.39 is 12.7 Å². The lowest BCUT2D eigenvalue weighted by Crippen LogP contribution is -2.55. The predicted molar refractivity (Wildman–Crippen MR) is 118 cm³/mol. The SMILES string of the molecule is C[C@@H]1CN(c2ncc([C@H](O)CO)cc2Cl)CCN1C(=O)Nc1nc2ccc(F)cc2s1. The number of aliphatic hydroxyl groups excluding tert-OH is 2. The molecular formula is C20H21ClFN5O3S. The Labute approximate surface area is 186 Å². The Morgan fingerprint density at radius 3 is 2.94 bits per heavy atom. The number of thiazole rings is 1. The van der Waals surface area contributed by atoms with Crippen LogP contribution in [0.15, 0.2) is 30.5 Å². The highest BCUT2D eigenvalue weighted by atomic mass is 35.5. The summed E-state index contributed by atoms with van der Waals surface area (Å²) in [5, 5.41) is 22.4. The molecule has 1 fully saturated rings. The maximum Gasteiger partial charge on any atom is 0.324 e. The van der Waals surface area contributed by atoms with Gasteiger partial charge in [0.2, 0.25) is 0 Å². The number of carbonyl (C=O) groups is 1. The molecule has 3 heterocycles. The van der Waals surface area contributed by atoms with Crippen molar-refractivity contribution >= 4 is 50.1 Å². The zero-order chi connectivity index (χ0) is 22.1. The molecule has 0 bridgehead atoms. The maximum atomic E-state index is 13.4. The third kappa shape index (κ3) is 4.57. The monoisotopic (exact) mass is 465 g/mol.